The molecule has 5 rings (SSSR count). The van der Waals surface area contributed by atoms with Crippen molar-refractivity contribution in [3.63, 3.8) is 0 Å². The molecule has 35 heavy (non-hydrogen) atoms. The van der Waals surface area contributed by atoms with Crippen LogP contribution in [0, 0.1) is 40.4 Å². The Labute approximate surface area is 214 Å². The van der Waals surface area contributed by atoms with Gasteiger partial charge in [-0.1, -0.05) is 65.0 Å². The zero-order chi connectivity index (χ0) is 24.8. The average molecular weight is 479 g/mol. The average Bonchev–Trinajstić information content (AvgIpc) is 3.18. The van der Waals surface area contributed by atoms with Gasteiger partial charge in [0.1, 0.15) is 11.9 Å². The van der Waals surface area contributed by atoms with Crippen LogP contribution in [0.3, 0.4) is 0 Å². The van der Waals surface area contributed by atoms with Crippen molar-refractivity contribution >= 4 is 11.4 Å². The number of unbranched alkanes of at least 4 members (excludes halogenated alkanes) is 2. The summed E-state index contributed by atoms with van der Waals surface area (Å²) in [6, 6.07) is 5.64. The van der Waals surface area contributed by atoms with E-state index in [0.717, 1.165) is 48.2 Å². The molecule has 8 unspecified atom stereocenters. The Morgan fingerprint density at radius 2 is 1.86 bits per heavy atom. The van der Waals surface area contributed by atoms with Crippen LogP contribution in [-0.4, -0.2) is 6.10 Å². The Morgan fingerprint density at radius 3 is 2.63 bits per heavy atom. The molecular formula is C32H50N2O. The maximum atomic E-state index is 6.42. The van der Waals surface area contributed by atoms with E-state index in [1.807, 2.05) is 18.2 Å². The number of nitrogen functional groups attached to an aromatic ring is 2. The van der Waals surface area contributed by atoms with E-state index in [0.29, 0.717) is 22.2 Å². The molecule has 0 aliphatic heterocycles. The SMILES string of the molecule is CCCCCC(C)C1CCC2C3CC=C4CC(Oc5ccc(N)cc5N)CCC4(C)C3CCC12C. The minimum atomic E-state index is 0.227. The zero-order valence-corrected chi connectivity index (χ0v) is 22.8. The summed E-state index contributed by atoms with van der Waals surface area (Å²) in [6.45, 7) is 10.2. The summed E-state index contributed by atoms with van der Waals surface area (Å²) in [4.78, 5) is 0. The standard InChI is InChI=1S/C32H50N2O/c1-5-6-7-8-21(2)26-12-13-27-25-11-9-22-19-24(35-30-14-10-23(33)20-29(30)34)15-17-31(22,3)28(25)16-18-32(26,27)4/h9-10,14,20-21,24-28H,5-8,11-13,15-19,33-34H2,1-4H3. The van der Waals surface area contributed by atoms with Crippen LogP contribution in [0.25, 0.3) is 0 Å². The molecule has 0 aromatic heterocycles. The summed E-state index contributed by atoms with van der Waals surface area (Å²) < 4.78 is 6.42. The molecular weight excluding hydrogens is 428 g/mol. The maximum Gasteiger partial charge on any atom is 0.142 e. The highest BCUT2D eigenvalue weighted by Gasteiger charge is 2.59. The first-order chi connectivity index (χ1) is 16.8. The number of nitrogens with two attached hydrogens (primary N) is 2. The second kappa shape index (κ2) is 9.67. The molecule has 194 valence electrons. The molecule has 0 bridgehead atoms. The van der Waals surface area contributed by atoms with E-state index in [1.54, 1.807) is 5.57 Å². The third kappa shape index (κ3) is 4.40. The van der Waals surface area contributed by atoms with Crippen LogP contribution in [0.15, 0.2) is 29.8 Å². The number of fused-ring (bicyclic) bond motifs is 5. The third-order valence-corrected chi connectivity index (χ3v) is 11.4. The predicted molar refractivity (Wildman–Crippen MR) is 148 cm³/mol. The van der Waals surface area contributed by atoms with Crippen LogP contribution in [0.5, 0.6) is 5.75 Å². The fourth-order valence-electron chi connectivity index (χ4n) is 9.47. The van der Waals surface area contributed by atoms with E-state index in [-0.39, 0.29) is 6.10 Å². The molecule has 4 N–H and O–H groups in total. The molecule has 3 heteroatoms. The fraction of sp³-hybridized carbons (Fsp3) is 0.750. The van der Waals surface area contributed by atoms with E-state index in [4.69, 9.17) is 16.2 Å². The summed E-state index contributed by atoms with van der Waals surface area (Å²) in [6.07, 6.45) is 19.1. The lowest BCUT2D eigenvalue weighted by Gasteiger charge is -2.58. The van der Waals surface area contributed by atoms with Gasteiger partial charge < -0.3 is 16.2 Å². The number of rotatable bonds is 7. The molecule has 0 spiro atoms. The Hall–Kier alpha value is -1.64. The van der Waals surface area contributed by atoms with Gasteiger partial charge in [0.2, 0.25) is 0 Å². The van der Waals surface area contributed by atoms with Gasteiger partial charge in [0, 0.05) is 12.1 Å². The molecule has 4 aliphatic carbocycles. The lowest BCUT2D eigenvalue weighted by atomic mass is 9.47. The highest BCUT2D eigenvalue weighted by molar-refractivity contribution is 5.60. The number of anilines is 2. The highest BCUT2D eigenvalue weighted by atomic mass is 16.5. The molecule has 1 aromatic carbocycles. The van der Waals surface area contributed by atoms with Gasteiger partial charge in [0.25, 0.3) is 0 Å². The van der Waals surface area contributed by atoms with Crippen LogP contribution in [0.2, 0.25) is 0 Å². The Bertz CT molecular complexity index is 939. The van der Waals surface area contributed by atoms with Crippen molar-refractivity contribution in [2.24, 2.45) is 40.4 Å². The number of benzene rings is 1. The summed E-state index contributed by atoms with van der Waals surface area (Å²) in [5.41, 5.74) is 16.0. The molecule has 8 atom stereocenters. The molecule has 0 heterocycles. The van der Waals surface area contributed by atoms with Crippen molar-refractivity contribution in [2.45, 2.75) is 111 Å². The van der Waals surface area contributed by atoms with Crippen molar-refractivity contribution in [1.82, 2.24) is 0 Å². The Morgan fingerprint density at radius 1 is 1.03 bits per heavy atom. The molecule has 0 radical (unpaired) electrons. The minimum absolute atomic E-state index is 0.227. The first kappa shape index (κ1) is 25.0. The number of hydrogen-bond donors (Lipinski definition) is 2. The Kier molecular flexibility index (Phi) is 6.92. The van der Waals surface area contributed by atoms with Crippen LogP contribution >= 0.6 is 0 Å². The zero-order valence-electron chi connectivity index (χ0n) is 22.8. The minimum Gasteiger partial charge on any atom is -0.488 e. The molecule has 0 saturated heterocycles. The van der Waals surface area contributed by atoms with E-state index >= 15 is 0 Å². The highest BCUT2D eigenvalue weighted by Crippen LogP contribution is 2.67. The van der Waals surface area contributed by atoms with Crippen molar-refractivity contribution in [3.8, 4) is 5.75 Å². The second-order valence-corrected chi connectivity index (χ2v) is 13.2. The van der Waals surface area contributed by atoms with E-state index in [9.17, 15) is 0 Å². The third-order valence-electron chi connectivity index (χ3n) is 11.4. The van der Waals surface area contributed by atoms with Gasteiger partial charge in [-0.05, 0) is 104 Å². The van der Waals surface area contributed by atoms with Gasteiger partial charge in [0.05, 0.1) is 5.69 Å². The van der Waals surface area contributed by atoms with Gasteiger partial charge in [-0.25, -0.2) is 0 Å². The van der Waals surface area contributed by atoms with Crippen LogP contribution in [0.1, 0.15) is 105 Å². The quantitative estimate of drug-likeness (QED) is 0.235. The van der Waals surface area contributed by atoms with Gasteiger partial charge in [0.15, 0.2) is 0 Å². The van der Waals surface area contributed by atoms with Crippen molar-refractivity contribution in [1.29, 1.82) is 0 Å². The predicted octanol–water partition coefficient (Wildman–Crippen LogP) is 8.39. The fourth-order valence-corrected chi connectivity index (χ4v) is 9.47. The number of ether oxygens (including phenoxy) is 1. The van der Waals surface area contributed by atoms with Crippen LogP contribution in [0.4, 0.5) is 11.4 Å². The molecule has 3 nitrogen and oxygen atoms in total. The Balaban J connectivity index is 1.29. The maximum absolute atomic E-state index is 6.42. The summed E-state index contributed by atoms with van der Waals surface area (Å²) >= 11 is 0. The molecule has 4 aliphatic rings. The van der Waals surface area contributed by atoms with Crippen molar-refractivity contribution < 1.29 is 4.74 Å². The van der Waals surface area contributed by atoms with E-state index in [1.165, 1.54) is 64.2 Å². The molecule has 1 aromatic rings. The molecule has 0 amide bonds. The van der Waals surface area contributed by atoms with Gasteiger partial charge in [-0.3, -0.25) is 0 Å². The summed E-state index contributed by atoms with van der Waals surface area (Å²) in [5.74, 6) is 5.31. The molecule has 3 fully saturated rings. The van der Waals surface area contributed by atoms with Gasteiger partial charge >= 0.3 is 0 Å². The first-order valence-corrected chi connectivity index (χ1v) is 14.8. The van der Waals surface area contributed by atoms with E-state index in [2.05, 4.69) is 33.8 Å². The van der Waals surface area contributed by atoms with Crippen molar-refractivity contribution in [3.05, 3.63) is 29.8 Å². The number of allylic oxidation sites excluding steroid dienone is 1. The lowest BCUT2D eigenvalue weighted by Crippen LogP contribution is -2.51. The van der Waals surface area contributed by atoms with E-state index < -0.39 is 0 Å². The summed E-state index contributed by atoms with van der Waals surface area (Å²) in [5, 5.41) is 0. The topological polar surface area (TPSA) is 61.3 Å². The number of hydrogen-bond acceptors (Lipinski definition) is 3. The monoisotopic (exact) mass is 478 g/mol. The van der Waals surface area contributed by atoms with Gasteiger partial charge in [-0.2, -0.15) is 0 Å². The summed E-state index contributed by atoms with van der Waals surface area (Å²) in [7, 11) is 0. The molecule has 3 saturated carbocycles. The lowest BCUT2D eigenvalue weighted by molar-refractivity contribution is -0.0558. The largest absolute Gasteiger partial charge is 0.488 e. The van der Waals surface area contributed by atoms with Gasteiger partial charge in [-0.15, -0.1) is 0 Å². The van der Waals surface area contributed by atoms with Crippen molar-refractivity contribution in [2.75, 3.05) is 11.5 Å². The van der Waals surface area contributed by atoms with Crippen LogP contribution < -0.4 is 16.2 Å². The second-order valence-electron chi connectivity index (χ2n) is 13.2. The van der Waals surface area contributed by atoms with Crippen LogP contribution in [-0.2, 0) is 0 Å². The first-order valence-electron chi connectivity index (χ1n) is 14.8. The smallest absolute Gasteiger partial charge is 0.142 e. The normalized spacial score (nSPS) is 39.2.